The average Bonchev–Trinajstić information content (AvgIpc) is 3.13. The van der Waals surface area contributed by atoms with Crippen molar-refractivity contribution in [3.63, 3.8) is 0 Å². The SMILES string of the molecule is O=C(Nc1cccc2ccccc12)C1=CNC[C@@H]1c1ccccc1. The molecular weight excluding hydrogens is 296 g/mol. The maximum atomic E-state index is 12.8. The van der Waals surface area contributed by atoms with Crippen molar-refractivity contribution in [2.75, 3.05) is 11.9 Å². The molecule has 3 aromatic rings. The minimum atomic E-state index is -0.0507. The molecule has 118 valence electrons. The summed E-state index contributed by atoms with van der Waals surface area (Å²) < 4.78 is 0. The highest BCUT2D eigenvalue weighted by atomic mass is 16.1. The molecule has 0 fully saturated rings. The lowest BCUT2D eigenvalue weighted by Gasteiger charge is -2.15. The third kappa shape index (κ3) is 2.65. The number of fused-ring (bicyclic) bond motifs is 1. The number of nitrogens with one attached hydrogen (secondary N) is 2. The van der Waals surface area contributed by atoms with Gasteiger partial charge in [-0.3, -0.25) is 4.79 Å². The van der Waals surface area contributed by atoms with Crippen molar-refractivity contribution in [2.24, 2.45) is 0 Å². The summed E-state index contributed by atoms with van der Waals surface area (Å²) in [6.07, 6.45) is 1.83. The maximum Gasteiger partial charge on any atom is 0.253 e. The Bertz CT molecular complexity index is 910. The number of amides is 1. The first-order valence-corrected chi connectivity index (χ1v) is 8.10. The molecule has 3 heteroatoms. The van der Waals surface area contributed by atoms with Gasteiger partial charge in [-0.15, -0.1) is 0 Å². The summed E-state index contributed by atoms with van der Waals surface area (Å²) in [6.45, 7) is 0.752. The van der Waals surface area contributed by atoms with E-state index < -0.39 is 0 Å². The summed E-state index contributed by atoms with van der Waals surface area (Å²) in [6, 6.07) is 24.2. The highest BCUT2D eigenvalue weighted by molar-refractivity contribution is 6.09. The number of hydrogen-bond acceptors (Lipinski definition) is 2. The first kappa shape index (κ1) is 14.5. The van der Waals surface area contributed by atoms with Crippen LogP contribution in [0, 0.1) is 0 Å². The molecular formula is C21H18N2O. The standard InChI is InChI=1S/C21H18N2O/c24-21(19-14-22-13-18(19)16-7-2-1-3-8-16)23-20-12-6-10-15-9-4-5-11-17(15)20/h1-12,14,18,22H,13H2,(H,23,24)/t18-/m1/s1. The number of anilines is 1. The highest BCUT2D eigenvalue weighted by Gasteiger charge is 2.26. The van der Waals surface area contributed by atoms with Gasteiger partial charge in [-0.05, 0) is 17.0 Å². The molecule has 1 heterocycles. The van der Waals surface area contributed by atoms with E-state index in [-0.39, 0.29) is 11.8 Å². The first-order chi connectivity index (χ1) is 11.8. The Morgan fingerprint density at radius 1 is 0.917 bits per heavy atom. The van der Waals surface area contributed by atoms with Gasteiger partial charge in [0, 0.05) is 35.3 Å². The van der Waals surface area contributed by atoms with Crippen LogP contribution in [0.5, 0.6) is 0 Å². The van der Waals surface area contributed by atoms with Crippen molar-refractivity contribution in [3.05, 3.63) is 90.1 Å². The maximum absolute atomic E-state index is 12.8. The monoisotopic (exact) mass is 314 g/mol. The van der Waals surface area contributed by atoms with Gasteiger partial charge in [0.15, 0.2) is 0 Å². The van der Waals surface area contributed by atoms with Gasteiger partial charge in [0.1, 0.15) is 0 Å². The van der Waals surface area contributed by atoms with Gasteiger partial charge in [-0.1, -0.05) is 66.7 Å². The van der Waals surface area contributed by atoms with E-state index in [2.05, 4.69) is 22.8 Å². The lowest BCUT2D eigenvalue weighted by molar-refractivity contribution is -0.113. The van der Waals surface area contributed by atoms with Crippen molar-refractivity contribution >= 4 is 22.4 Å². The number of carbonyl (C=O) groups is 1. The molecule has 2 N–H and O–H groups in total. The van der Waals surface area contributed by atoms with E-state index in [9.17, 15) is 4.79 Å². The van der Waals surface area contributed by atoms with Gasteiger partial charge in [0.2, 0.25) is 0 Å². The van der Waals surface area contributed by atoms with Crippen LogP contribution in [0.1, 0.15) is 11.5 Å². The van der Waals surface area contributed by atoms with E-state index >= 15 is 0 Å². The molecule has 0 aromatic heterocycles. The fourth-order valence-corrected chi connectivity index (χ4v) is 3.23. The van der Waals surface area contributed by atoms with Gasteiger partial charge in [0.05, 0.1) is 0 Å². The number of benzene rings is 3. The lowest BCUT2D eigenvalue weighted by Crippen LogP contribution is -2.19. The Kier molecular flexibility index (Phi) is 3.75. The van der Waals surface area contributed by atoms with Crippen LogP contribution in [-0.4, -0.2) is 12.5 Å². The molecule has 0 bridgehead atoms. The molecule has 1 amide bonds. The Hall–Kier alpha value is -3.07. The molecule has 4 rings (SSSR count). The van der Waals surface area contributed by atoms with Crippen LogP contribution in [0.3, 0.4) is 0 Å². The summed E-state index contributed by atoms with van der Waals surface area (Å²) in [7, 11) is 0. The van der Waals surface area contributed by atoms with Crippen LogP contribution in [0.15, 0.2) is 84.6 Å². The zero-order valence-electron chi connectivity index (χ0n) is 13.2. The summed E-state index contributed by atoms with van der Waals surface area (Å²) in [5.41, 5.74) is 2.77. The van der Waals surface area contributed by atoms with Gasteiger partial charge >= 0.3 is 0 Å². The van der Waals surface area contributed by atoms with Crippen molar-refractivity contribution in [3.8, 4) is 0 Å². The topological polar surface area (TPSA) is 41.1 Å². The van der Waals surface area contributed by atoms with E-state index in [1.165, 1.54) is 0 Å². The van der Waals surface area contributed by atoms with E-state index in [1.54, 1.807) is 0 Å². The van der Waals surface area contributed by atoms with Crippen LogP contribution < -0.4 is 10.6 Å². The van der Waals surface area contributed by atoms with Crippen molar-refractivity contribution in [2.45, 2.75) is 5.92 Å². The number of rotatable bonds is 3. The molecule has 0 aliphatic carbocycles. The van der Waals surface area contributed by atoms with Crippen LogP contribution in [-0.2, 0) is 4.79 Å². The third-order valence-corrected chi connectivity index (χ3v) is 4.46. The minimum absolute atomic E-state index is 0.0507. The molecule has 0 saturated carbocycles. The average molecular weight is 314 g/mol. The van der Waals surface area contributed by atoms with Crippen molar-refractivity contribution in [1.29, 1.82) is 0 Å². The molecule has 3 aromatic carbocycles. The van der Waals surface area contributed by atoms with Gasteiger partial charge < -0.3 is 10.6 Å². The highest BCUT2D eigenvalue weighted by Crippen LogP contribution is 2.29. The Morgan fingerprint density at radius 2 is 1.67 bits per heavy atom. The van der Waals surface area contributed by atoms with Crippen molar-refractivity contribution < 1.29 is 4.79 Å². The Labute approximate surface area is 141 Å². The molecule has 1 aliphatic rings. The molecule has 24 heavy (non-hydrogen) atoms. The second-order valence-electron chi connectivity index (χ2n) is 5.95. The van der Waals surface area contributed by atoms with Crippen LogP contribution in [0.2, 0.25) is 0 Å². The zero-order chi connectivity index (χ0) is 16.4. The first-order valence-electron chi connectivity index (χ1n) is 8.10. The smallest absolute Gasteiger partial charge is 0.253 e. The largest absolute Gasteiger partial charge is 0.390 e. The van der Waals surface area contributed by atoms with Crippen LogP contribution in [0.4, 0.5) is 5.69 Å². The quantitative estimate of drug-likeness (QED) is 0.766. The van der Waals surface area contributed by atoms with E-state index in [0.717, 1.165) is 34.1 Å². The molecule has 1 aliphatic heterocycles. The fraction of sp³-hybridized carbons (Fsp3) is 0.0952. The molecule has 1 atom stereocenters. The predicted octanol–water partition coefficient (Wildman–Crippen LogP) is 4.05. The van der Waals surface area contributed by atoms with E-state index in [0.29, 0.717) is 0 Å². The number of carbonyl (C=O) groups excluding carboxylic acids is 1. The van der Waals surface area contributed by atoms with Gasteiger partial charge in [0.25, 0.3) is 5.91 Å². The van der Waals surface area contributed by atoms with Gasteiger partial charge in [-0.25, -0.2) is 0 Å². The Balaban J connectivity index is 1.62. The van der Waals surface area contributed by atoms with Crippen LogP contribution >= 0.6 is 0 Å². The van der Waals surface area contributed by atoms with Crippen LogP contribution in [0.25, 0.3) is 10.8 Å². The van der Waals surface area contributed by atoms with E-state index in [1.807, 2.05) is 66.9 Å². The second-order valence-corrected chi connectivity index (χ2v) is 5.95. The summed E-state index contributed by atoms with van der Waals surface area (Å²) in [5, 5.41) is 8.45. The second kappa shape index (κ2) is 6.20. The lowest BCUT2D eigenvalue weighted by atomic mass is 9.93. The summed E-state index contributed by atoms with van der Waals surface area (Å²) >= 11 is 0. The third-order valence-electron chi connectivity index (χ3n) is 4.46. The zero-order valence-corrected chi connectivity index (χ0v) is 13.2. The summed E-state index contributed by atoms with van der Waals surface area (Å²) in [4.78, 5) is 12.8. The molecule has 0 spiro atoms. The summed E-state index contributed by atoms with van der Waals surface area (Å²) in [5.74, 6) is 0.0337. The van der Waals surface area contributed by atoms with E-state index in [4.69, 9.17) is 0 Å². The molecule has 3 nitrogen and oxygen atoms in total. The molecule has 0 unspecified atom stereocenters. The fourth-order valence-electron chi connectivity index (χ4n) is 3.23. The molecule has 0 radical (unpaired) electrons. The predicted molar refractivity (Wildman–Crippen MR) is 97.8 cm³/mol. The molecule has 0 saturated heterocycles. The number of hydrogen-bond donors (Lipinski definition) is 2. The minimum Gasteiger partial charge on any atom is -0.390 e. The Morgan fingerprint density at radius 3 is 2.54 bits per heavy atom. The van der Waals surface area contributed by atoms with Crippen molar-refractivity contribution in [1.82, 2.24) is 5.32 Å². The van der Waals surface area contributed by atoms with Gasteiger partial charge in [-0.2, -0.15) is 0 Å². The normalized spacial score (nSPS) is 16.5.